The minimum atomic E-state index is -0.589. The van der Waals surface area contributed by atoms with Crippen molar-refractivity contribution in [3.63, 3.8) is 0 Å². The molecular weight excluding hydrogens is 290 g/mol. The summed E-state index contributed by atoms with van der Waals surface area (Å²) in [5.41, 5.74) is 0.0321. The maximum atomic E-state index is 12.9. The molecule has 2 unspecified atom stereocenters. The highest BCUT2D eigenvalue weighted by Crippen LogP contribution is 2.44. The molecule has 0 spiro atoms. The van der Waals surface area contributed by atoms with E-state index in [1.807, 2.05) is 36.1 Å². The number of aliphatic hydroxyl groups is 1. The summed E-state index contributed by atoms with van der Waals surface area (Å²) >= 11 is 0. The second kappa shape index (κ2) is 6.52. The first-order valence-corrected chi connectivity index (χ1v) is 8.79. The van der Waals surface area contributed by atoms with Gasteiger partial charge in [-0.05, 0) is 44.2 Å². The number of ether oxygens (including phenoxy) is 1. The molecule has 1 aromatic carbocycles. The number of likely N-dealkylation sites (tertiary alicyclic amines) is 1. The number of hydrogen-bond acceptors (Lipinski definition) is 3. The number of benzene rings is 1. The zero-order valence-corrected chi connectivity index (χ0v) is 14.1. The van der Waals surface area contributed by atoms with E-state index in [-0.39, 0.29) is 11.8 Å². The van der Waals surface area contributed by atoms with Crippen LogP contribution in [0.4, 0.5) is 0 Å². The van der Waals surface area contributed by atoms with E-state index in [0.29, 0.717) is 43.3 Å². The van der Waals surface area contributed by atoms with Gasteiger partial charge in [-0.25, -0.2) is 0 Å². The molecule has 2 aliphatic rings. The molecule has 1 aliphatic heterocycles. The van der Waals surface area contributed by atoms with E-state index in [9.17, 15) is 9.90 Å². The van der Waals surface area contributed by atoms with Gasteiger partial charge in [-0.2, -0.15) is 0 Å². The number of hydrogen-bond donors (Lipinski definition) is 1. The molecule has 23 heavy (non-hydrogen) atoms. The molecule has 2 fully saturated rings. The van der Waals surface area contributed by atoms with Gasteiger partial charge >= 0.3 is 0 Å². The lowest BCUT2D eigenvalue weighted by atomic mass is 9.65. The molecule has 1 saturated heterocycles. The van der Waals surface area contributed by atoms with E-state index >= 15 is 0 Å². The Morgan fingerprint density at radius 3 is 2.74 bits per heavy atom. The monoisotopic (exact) mass is 317 g/mol. The van der Waals surface area contributed by atoms with Crippen LogP contribution in [0.1, 0.15) is 49.9 Å². The molecule has 3 rings (SSSR count). The SMILES string of the molecule is CCOc1ccccc1C(=O)N1CCC(O)(C2CCC2)C(C)C1. The van der Waals surface area contributed by atoms with E-state index in [4.69, 9.17) is 4.74 Å². The predicted molar refractivity (Wildman–Crippen MR) is 89.6 cm³/mol. The topological polar surface area (TPSA) is 49.8 Å². The van der Waals surface area contributed by atoms with Crippen LogP contribution in [-0.4, -0.2) is 41.2 Å². The van der Waals surface area contributed by atoms with Gasteiger partial charge in [0.15, 0.2) is 0 Å². The van der Waals surface area contributed by atoms with Crippen molar-refractivity contribution in [1.29, 1.82) is 0 Å². The Labute approximate surface area is 138 Å². The van der Waals surface area contributed by atoms with Gasteiger partial charge in [0, 0.05) is 19.0 Å². The van der Waals surface area contributed by atoms with Crippen LogP contribution in [0.15, 0.2) is 24.3 Å². The lowest BCUT2D eigenvalue weighted by Crippen LogP contribution is -2.57. The van der Waals surface area contributed by atoms with Gasteiger partial charge in [0.1, 0.15) is 5.75 Å². The average Bonchev–Trinajstić information content (AvgIpc) is 2.49. The summed E-state index contributed by atoms with van der Waals surface area (Å²) in [6.45, 7) is 5.78. The van der Waals surface area contributed by atoms with Gasteiger partial charge in [0.05, 0.1) is 17.8 Å². The summed E-state index contributed by atoms with van der Waals surface area (Å²) in [7, 11) is 0. The molecule has 126 valence electrons. The van der Waals surface area contributed by atoms with Crippen molar-refractivity contribution in [2.45, 2.75) is 45.1 Å². The van der Waals surface area contributed by atoms with Crippen LogP contribution in [0.25, 0.3) is 0 Å². The van der Waals surface area contributed by atoms with E-state index in [0.717, 1.165) is 12.8 Å². The molecule has 1 saturated carbocycles. The van der Waals surface area contributed by atoms with Gasteiger partial charge in [-0.1, -0.05) is 25.5 Å². The quantitative estimate of drug-likeness (QED) is 0.928. The first-order valence-electron chi connectivity index (χ1n) is 8.79. The number of carbonyl (C=O) groups is 1. The Balaban J connectivity index is 1.72. The Morgan fingerprint density at radius 1 is 1.39 bits per heavy atom. The number of amides is 1. The summed E-state index contributed by atoms with van der Waals surface area (Å²) < 4.78 is 5.58. The molecule has 1 aliphatic carbocycles. The fourth-order valence-corrected chi connectivity index (χ4v) is 3.93. The maximum Gasteiger partial charge on any atom is 0.257 e. The minimum absolute atomic E-state index is 0.0107. The number of piperidine rings is 1. The van der Waals surface area contributed by atoms with E-state index < -0.39 is 5.60 Å². The van der Waals surface area contributed by atoms with Crippen LogP contribution in [0.2, 0.25) is 0 Å². The average molecular weight is 317 g/mol. The molecule has 1 N–H and O–H groups in total. The molecule has 1 amide bonds. The van der Waals surface area contributed by atoms with Crippen molar-refractivity contribution < 1.29 is 14.6 Å². The summed E-state index contributed by atoms with van der Waals surface area (Å²) in [5, 5.41) is 11.0. The number of para-hydroxylation sites is 1. The Morgan fingerprint density at radius 2 is 2.13 bits per heavy atom. The van der Waals surface area contributed by atoms with Crippen LogP contribution in [0.3, 0.4) is 0 Å². The molecule has 0 aromatic heterocycles. The van der Waals surface area contributed by atoms with Gasteiger partial charge in [-0.15, -0.1) is 0 Å². The molecule has 0 bridgehead atoms. The maximum absolute atomic E-state index is 12.9. The lowest BCUT2D eigenvalue weighted by molar-refractivity contribution is -0.122. The molecule has 4 nitrogen and oxygen atoms in total. The summed E-state index contributed by atoms with van der Waals surface area (Å²) in [6.07, 6.45) is 4.16. The lowest BCUT2D eigenvalue weighted by Gasteiger charge is -2.50. The highest BCUT2D eigenvalue weighted by molar-refractivity contribution is 5.97. The fourth-order valence-electron chi connectivity index (χ4n) is 3.93. The van der Waals surface area contributed by atoms with Crippen molar-refractivity contribution in [2.75, 3.05) is 19.7 Å². The fraction of sp³-hybridized carbons (Fsp3) is 0.632. The van der Waals surface area contributed by atoms with Crippen molar-refractivity contribution in [3.05, 3.63) is 29.8 Å². The number of carbonyl (C=O) groups excluding carboxylic acids is 1. The van der Waals surface area contributed by atoms with Crippen LogP contribution in [-0.2, 0) is 0 Å². The zero-order valence-electron chi connectivity index (χ0n) is 14.1. The van der Waals surface area contributed by atoms with Crippen molar-refractivity contribution in [3.8, 4) is 5.75 Å². The van der Waals surface area contributed by atoms with Gasteiger partial charge in [0.25, 0.3) is 5.91 Å². The van der Waals surface area contributed by atoms with E-state index in [2.05, 4.69) is 6.92 Å². The van der Waals surface area contributed by atoms with E-state index in [1.165, 1.54) is 6.42 Å². The van der Waals surface area contributed by atoms with E-state index in [1.54, 1.807) is 0 Å². The highest BCUT2D eigenvalue weighted by Gasteiger charge is 2.47. The molecule has 4 heteroatoms. The largest absolute Gasteiger partial charge is 0.493 e. The van der Waals surface area contributed by atoms with Gasteiger partial charge in [-0.3, -0.25) is 4.79 Å². The summed E-state index contributed by atoms with van der Waals surface area (Å²) in [6, 6.07) is 7.42. The van der Waals surface area contributed by atoms with Crippen LogP contribution in [0, 0.1) is 11.8 Å². The van der Waals surface area contributed by atoms with Gasteiger partial charge < -0.3 is 14.7 Å². The third-order valence-corrected chi connectivity index (χ3v) is 5.65. The molecule has 1 aromatic rings. The second-order valence-corrected chi connectivity index (χ2v) is 6.95. The van der Waals surface area contributed by atoms with Crippen molar-refractivity contribution in [2.24, 2.45) is 11.8 Å². The molecule has 0 radical (unpaired) electrons. The summed E-state index contributed by atoms with van der Waals surface area (Å²) in [5.74, 6) is 1.19. The predicted octanol–water partition coefficient (Wildman–Crippen LogP) is 3.10. The minimum Gasteiger partial charge on any atom is -0.493 e. The second-order valence-electron chi connectivity index (χ2n) is 6.95. The Bertz CT molecular complexity index is 569. The van der Waals surface area contributed by atoms with Crippen molar-refractivity contribution >= 4 is 5.91 Å². The first kappa shape index (κ1) is 16.3. The molecule has 1 heterocycles. The zero-order chi connectivity index (χ0) is 16.4. The molecule has 2 atom stereocenters. The normalized spacial score (nSPS) is 28.3. The Kier molecular flexibility index (Phi) is 4.62. The van der Waals surface area contributed by atoms with Crippen molar-refractivity contribution in [1.82, 2.24) is 4.90 Å². The van der Waals surface area contributed by atoms with Crippen LogP contribution in [0.5, 0.6) is 5.75 Å². The summed E-state index contributed by atoms with van der Waals surface area (Å²) in [4.78, 5) is 14.7. The van der Waals surface area contributed by atoms with Gasteiger partial charge in [0.2, 0.25) is 0 Å². The number of rotatable bonds is 4. The van der Waals surface area contributed by atoms with Crippen LogP contribution >= 0.6 is 0 Å². The standard InChI is InChI=1S/C19H27NO3/c1-3-23-17-10-5-4-9-16(17)18(21)20-12-11-19(22,14(2)13-20)15-7-6-8-15/h4-5,9-10,14-15,22H,3,6-8,11-13H2,1-2H3. The Hall–Kier alpha value is -1.55. The third-order valence-electron chi connectivity index (χ3n) is 5.65. The number of nitrogens with zero attached hydrogens (tertiary/aromatic N) is 1. The highest BCUT2D eigenvalue weighted by atomic mass is 16.5. The molecular formula is C19H27NO3. The smallest absolute Gasteiger partial charge is 0.257 e. The van der Waals surface area contributed by atoms with Crippen LogP contribution < -0.4 is 4.74 Å². The first-order chi connectivity index (χ1) is 11.1. The third kappa shape index (κ3) is 2.97.